The first kappa shape index (κ1) is 30.2. The molecule has 10 nitrogen and oxygen atoms in total. The van der Waals surface area contributed by atoms with E-state index in [1.54, 1.807) is 24.8 Å². The standard InChI is InChI=1S/C37H37FN8O2/c38-26-14-24(16-28(17-26)48-13-12-46-10-4-5-11-46)30-21-40-22-34-29(30)18-33(42-34)36-35-32(44-45-36)9-8-31(43-35)25-15-27(20-39-19-25)41-37(47)23-6-2-1-3-7-23/h8-9,14-23,42H,1-7,10-13H2,(H,41,47)(H,44,45). The normalized spacial score (nSPS) is 15.8. The second-order valence-electron chi connectivity index (χ2n) is 12.9. The number of aromatic amines is 2. The van der Waals surface area contributed by atoms with Crippen LogP contribution in [0.3, 0.4) is 0 Å². The van der Waals surface area contributed by atoms with Gasteiger partial charge in [-0.3, -0.25) is 24.8 Å². The highest BCUT2D eigenvalue weighted by atomic mass is 19.1. The summed E-state index contributed by atoms with van der Waals surface area (Å²) in [4.78, 5) is 32.5. The van der Waals surface area contributed by atoms with Crippen molar-refractivity contribution in [3.63, 3.8) is 0 Å². The minimum absolute atomic E-state index is 0.0540. The maximum Gasteiger partial charge on any atom is 0.227 e. The number of carbonyl (C=O) groups is 1. The molecular weight excluding hydrogens is 607 g/mol. The van der Waals surface area contributed by atoms with Gasteiger partial charge in [0.15, 0.2) is 0 Å². The Morgan fingerprint density at radius 3 is 2.65 bits per heavy atom. The molecule has 0 radical (unpaired) electrons. The molecule has 1 aliphatic heterocycles. The number of halogens is 1. The third-order valence-electron chi connectivity index (χ3n) is 9.54. The van der Waals surface area contributed by atoms with Gasteiger partial charge in [0.05, 0.1) is 40.5 Å². The molecule has 48 heavy (non-hydrogen) atoms. The molecule has 3 N–H and O–H groups in total. The second kappa shape index (κ2) is 13.2. The van der Waals surface area contributed by atoms with E-state index in [-0.39, 0.29) is 17.6 Å². The summed E-state index contributed by atoms with van der Waals surface area (Å²) in [5.74, 6) is 0.248. The lowest BCUT2D eigenvalue weighted by molar-refractivity contribution is -0.120. The maximum absolute atomic E-state index is 14.8. The van der Waals surface area contributed by atoms with Crippen molar-refractivity contribution in [2.45, 2.75) is 44.9 Å². The number of likely N-dealkylation sites (tertiary alicyclic amines) is 1. The molecule has 0 bridgehead atoms. The average molecular weight is 645 g/mol. The molecule has 1 aromatic carbocycles. The number of benzene rings is 1. The molecule has 11 heteroatoms. The first-order valence-electron chi connectivity index (χ1n) is 16.8. The van der Waals surface area contributed by atoms with Crippen molar-refractivity contribution >= 4 is 33.5 Å². The Morgan fingerprint density at radius 2 is 1.77 bits per heavy atom. The first-order valence-corrected chi connectivity index (χ1v) is 16.8. The van der Waals surface area contributed by atoms with Gasteiger partial charge in [-0.15, -0.1) is 0 Å². The third-order valence-corrected chi connectivity index (χ3v) is 9.54. The summed E-state index contributed by atoms with van der Waals surface area (Å²) in [7, 11) is 0. The number of H-pyrrole nitrogens is 2. The molecule has 1 saturated heterocycles. The zero-order valence-corrected chi connectivity index (χ0v) is 26.6. The van der Waals surface area contributed by atoms with Crippen LogP contribution in [0.25, 0.3) is 55.7 Å². The Kier molecular flexibility index (Phi) is 8.27. The summed E-state index contributed by atoms with van der Waals surface area (Å²) >= 11 is 0. The number of hydrogen-bond acceptors (Lipinski definition) is 7. The quantitative estimate of drug-likeness (QED) is 0.150. The highest BCUT2D eigenvalue weighted by Crippen LogP contribution is 2.35. The minimum Gasteiger partial charge on any atom is -0.492 e. The number of amides is 1. The Balaban J connectivity index is 1.07. The number of rotatable bonds is 9. The zero-order valence-electron chi connectivity index (χ0n) is 26.6. The van der Waals surface area contributed by atoms with Crippen LogP contribution in [0.5, 0.6) is 5.75 Å². The number of ether oxygens (including phenoxy) is 1. The Bertz CT molecular complexity index is 2090. The number of anilines is 1. The zero-order chi connectivity index (χ0) is 32.5. The predicted molar refractivity (Wildman–Crippen MR) is 184 cm³/mol. The summed E-state index contributed by atoms with van der Waals surface area (Å²) in [6, 6.07) is 12.6. The monoisotopic (exact) mass is 644 g/mol. The maximum atomic E-state index is 14.8. The van der Waals surface area contributed by atoms with E-state index in [1.807, 2.05) is 30.3 Å². The van der Waals surface area contributed by atoms with E-state index < -0.39 is 0 Å². The molecular formula is C37H37FN8O2. The van der Waals surface area contributed by atoms with Gasteiger partial charge >= 0.3 is 0 Å². The molecule has 244 valence electrons. The summed E-state index contributed by atoms with van der Waals surface area (Å²) in [5, 5.41) is 11.6. The van der Waals surface area contributed by atoms with Crippen LogP contribution < -0.4 is 10.1 Å². The Hall–Kier alpha value is -5.16. The van der Waals surface area contributed by atoms with E-state index in [1.165, 1.54) is 31.4 Å². The van der Waals surface area contributed by atoms with Crippen molar-refractivity contribution in [3.05, 3.63) is 73.1 Å². The highest BCUT2D eigenvalue weighted by molar-refractivity contribution is 6.00. The molecule has 2 aliphatic rings. The second-order valence-corrected chi connectivity index (χ2v) is 12.9. The van der Waals surface area contributed by atoms with E-state index >= 15 is 0 Å². The van der Waals surface area contributed by atoms with Gasteiger partial charge in [0.2, 0.25) is 5.91 Å². The molecule has 1 amide bonds. The SMILES string of the molecule is O=C(Nc1cncc(-c2ccc3[nH]nc(-c4cc5c(-c6cc(F)cc(OCCN7CCCC7)c6)cncc5[nH]4)c3n2)c1)C1CCCCC1. The lowest BCUT2D eigenvalue weighted by Gasteiger charge is -2.20. The van der Waals surface area contributed by atoms with Gasteiger partial charge in [-0.05, 0) is 80.7 Å². The first-order chi connectivity index (χ1) is 23.6. The van der Waals surface area contributed by atoms with Gasteiger partial charge in [0.25, 0.3) is 0 Å². The summed E-state index contributed by atoms with van der Waals surface area (Å²) < 4.78 is 20.8. The van der Waals surface area contributed by atoms with Crippen LogP contribution in [0.2, 0.25) is 0 Å². The molecule has 5 aromatic heterocycles. The molecule has 0 atom stereocenters. The molecule has 6 heterocycles. The average Bonchev–Trinajstić information content (AvgIpc) is 3.88. The minimum atomic E-state index is -0.362. The number of aromatic nitrogens is 6. The van der Waals surface area contributed by atoms with Gasteiger partial charge in [-0.1, -0.05) is 19.3 Å². The van der Waals surface area contributed by atoms with Gasteiger partial charge in [-0.2, -0.15) is 5.10 Å². The smallest absolute Gasteiger partial charge is 0.227 e. The Labute approximate surface area is 277 Å². The molecule has 1 saturated carbocycles. The lowest BCUT2D eigenvalue weighted by atomic mass is 9.88. The number of fused-ring (bicyclic) bond motifs is 2. The lowest BCUT2D eigenvalue weighted by Crippen LogP contribution is -2.25. The fourth-order valence-corrected chi connectivity index (χ4v) is 7.01. The largest absolute Gasteiger partial charge is 0.492 e. The molecule has 8 rings (SSSR count). The van der Waals surface area contributed by atoms with Crippen molar-refractivity contribution in [1.82, 2.24) is 35.0 Å². The van der Waals surface area contributed by atoms with Crippen LogP contribution >= 0.6 is 0 Å². The summed E-state index contributed by atoms with van der Waals surface area (Å²) in [6.07, 6.45) is 14.6. The summed E-state index contributed by atoms with van der Waals surface area (Å²) in [5.41, 5.74) is 7.28. The number of nitrogens with one attached hydrogen (secondary N) is 3. The van der Waals surface area contributed by atoms with Crippen LogP contribution in [-0.2, 0) is 4.79 Å². The Morgan fingerprint density at radius 1 is 0.917 bits per heavy atom. The molecule has 0 spiro atoms. The van der Waals surface area contributed by atoms with Crippen LogP contribution in [-0.4, -0.2) is 67.2 Å². The van der Waals surface area contributed by atoms with Gasteiger partial charge in [0, 0.05) is 47.4 Å². The number of carbonyl (C=O) groups excluding carboxylic acids is 1. The topological polar surface area (TPSA) is 125 Å². The highest BCUT2D eigenvalue weighted by Gasteiger charge is 2.22. The van der Waals surface area contributed by atoms with Crippen LogP contribution in [0.15, 0.2) is 67.3 Å². The third kappa shape index (κ3) is 6.25. The van der Waals surface area contributed by atoms with Crippen molar-refractivity contribution in [3.8, 4) is 39.5 Å². The fraction of sp³-hybridized carbons (Fsp3) is 0.324. The van der Waals surface area contributed by atoms with Crippen molar-refractivity contribution in [2.24, 2.45) is 5.92 Å². The van der Waals surface area contributed by atoms with Crippen LogP contribution in [0, 0.1) is 11.7 Å². The van der Waals surface area contributed by atoms with E-state index in [0.717, 1.165) is 78.6 Å². The molecule has 0 unspecified atom stereocenters. The molecule has 1 aliphatic carbocycles. The summed E-state index contributed by atoms with van der Waals surface area (Å²) in [6.45, 7) is 3.52. The predicted octanol–water partition coefficient (Wildman–Crippen LogP) is 7.36. The van der Waals surface area contributed by atoms with E-state index in [9.17, 15) is 9.18 Å². The van der Waals surface area contributed by atoms with Gasteiger partial charge in [0.1, 0.15) is 29.4 Å². The van der Waals surface area contributed by atoms with Crippen molar-refractivity contribution in [2.75, 3.05) is 31.6 Å². The number of pyridine rings is 3. The molecule has 2 fully saturated rings. The van der Waals surface area contributed by atoms with Gasteiger partial charge in [-0.25, -0.2) is 9.37 Å². The van der Waals surface area contributed by atoms with Crippen molar-refractivity contribution in [1.29, 1.82) is 0 Å². The number of hydrogen-bond donors (Lipinski definition) is 3. The molecule has 6 aromatic rings. The number of nitrogens with zero attached hydrogens (tertiary/aromatic N) is 5. The van der Waals surface area contributed by atoms with Crippen molar-refractivity contribution < 1.29 is 13.9 Å². The van der Waals surface area contributed by atoms with E-state index in [0.29, 0.717) is 40.5 Å². The van der Waals surface area contributed by atoms with E-state index in [2.05, 4.69) is 35.4 Å². The van der Waals surface area contributed by atoms with Crippen LogP contribution in [0.4, 0.5) is 10.1 Å². The fourth-order valence-electron chi connectivity index (χ4n) is 7.01. The van der Waals surface area contributed by atoms with E-state index in [4.69, 9.17) is 9.72 Å². The van der Waals surface area contributed by atoms with Crippen LogP contribution in [0.1, 0.15) is 44.9 Å². The van der Waals surface area contributed by atoms with Gasteiger partial charge < -0.3 is 15.0 Å².